The summed E-state index contributed by atoms with van der Waals surface area (Å²) in [5, 5.41) is 13.5. The van der Waals surface area contributed by atoms with Gasteiger partial charge in [0.15, 0.2) is 0 Å². The van der Waals surface area contributed by atoms with E-state index < -0.39 is 6.10 Å². The molecule has 2 N–H and O–H groups in total. The number of hydrogen-bond donors (Lipinski definition) is 2. The Labute approximate surface area is 166 Å². The van der Waals surface area contributed by atoms with Gasteiger partial charge in [-0.3, -0.25) is 4.98 Å². The summed E-state index contributed by atoms with van der Waals surface area (Å²) < 4.78 is 0. The largest absolute Gasteiger partial charge is 0.384 e. The summed E-state index contributed by atoms with van der Waals surface area (Å²) >= 11 is 1.62. The molecule has 0 amide bonds. The van der Waals surface area contributed by atoms with E-state index in [0.29, 0.717) is 0 Å². The summed E-state index contributed by atoms with van der Waals surface area (Å²) in [6, 6.07) is 20.3. The minimum Gasteiger partial charge on any atom is -0.384 e. The molecule has 1 unspecified atom stereocenters. The number of benzene rings is 2. The number of thiophene rings is 1. The molecule has 3 heterocycles. The number of fused-ring (bicyclic) bond motifs is 1. The maximum Gasteiger partial charge on any atom is 0.147 e. The molecule has 28 heavy (non-hydrogen) atoms. The van der Waals surface area contributed by atoms with Gasteiger partial charge in [-0.2, -0.15) is 0 Å². The van der Waals surface area contributed by atoms with Crippen LogP contribution in [-0.2, 0) is 0 Å². The molecule has 4 nitrogen and oxygen atoms in total. The third kappa shape index (κ3) is 3.01. The van der Waals surface area contributed by atoms with Gasteiger partial charge in [0.1, 0.15) is 11.9 Å². The lowest BCUT2D eigenvalue weighted by atomic mass is 9.98. The van der Waals surface area contributed by atoms with Crippen molar-refractivity contribution in [3.05, 3.63) is 96.6 Å². The Morgan fingerprint density at radius 2 is 1.71 bits per heavy atom. The molecular weight excluding hydrogens is 366 g/mol. The second-order valence-electron chi connectivity index (χ2n) is 6.58. The highest BCUT2D eigenvalue weighted by molar-refractivity contribution is 7.19. The topological polar surface area (TPSA) is 61.8 Å². The van der Waals surface area contributed by atoms with Gasteiger partial charge in [0.25, 0.3) is 0 Å². The zero-order chi connectivity index (χ0) is 18.9. The van der Waals surface area contributed by atoms with Gasteiger partial charge in [-0.25, -0.2) is 4.98 Å². The Bertz CT molecular complexity index is 1230. The molecule has 136 valence electrons. The summed E-state index contributed by atoms with van der Waals surface area (Å²) in [6.45, 7) is 0. The van der Waals surface area contributed by atoms with Crippen molar-refractivity contribution in [3.8, 4) is 21.1 Å². The minimum atomic E-state index is -0.739. The summed E-state index contributed by atoms with van der Waals surface area (Å²) in [5.41, 5.74) is 2.79. The highest BCUT2D eigenvalue weighted by Crippen LogP contribution is 2.41. The Morgan fingerprint density at radius 1 is 0.893 bits per heavy atom. The van der Waals surface area contributed by atoms with Crippen molar-refractivity contribution in [2.45, 2.75) is 6.10 Å². The highest BCUT2D eigenvalue weighted by Gasteiger charge is 2.21. The first kappa shape index (κ1) is 16.9. The molecule has 0 bridgehead atoms. The summed E-state index contributed by atoms with van der Waals surface area (Å²) in [4.78, 5) is 13.7. The monoisotopic (exact) mass is 383 g/mol. The van der Waals surface area contributed by atoms with Gasteiger partial charge in [-0.15, -0.1) is 11.3 Å². The van der Waals surface area contributed by atoms with Crippen LogP contribution in [0, 0.1) is 0 Å². The van der Waals surface area contributed by atoms with Gasteiger partial charge in [0.2, 0.25) is 0 Å². The second kappa shape index (κ2) is 7.03. The zero-order valence-corrected chi connectivity index (χ0v) is 15.7. The number of imidazole rings is 1. The molecule has 0 aliphatic carbocycles. The number of rotatable bonds is 4. The SMILES string of the molecule is OC(c1ccc2ccccc2c1)c1cc(-c2ccncc2)sc1-c1ncc[nH]1. The van der Waals surface area contributed by atoms with E-state index in [9.17, 15) is 5.11 Å². The number of aromatic amines is 1. The molecule has 3 aromatic heterocycles. The Hall–Kier alpha value is -3.28. The fourth-order valence-electron chi connectivity index (χ4n) is 3.40. The Balaban J connectivity index is 1.63. The molecule has 0 aliphatic rings. The van der Waals surface area contributed by atoms with E-state index in [1.54, 1.807) is 36.1 Å². The van der Waals surface area contributed by atoms with E-state index in [1.807, 2.05) is 30.3 Å². The molecule has 2 aromatic carbocycles. The van der Waals surface area contributed by atoms with Crippen molar-refractivity contribution in [1.29, 1.82) is 0 Å². The lowest BCUT2D eigenvalue weighted by Gasteiger charge is -2.12. The number of H-pyrrole nitrogens is 1. The van der Waals surface area contributed by atoms with Crippen molar-refractivity contribution in [2.24, 2.45) is 0 Å². The summed E-state index contributed by atoms with van der Waals surface area (Å²) in [5.74, 6) is 0.764. The van der Waals surface area contributed by atoms with Gasteiger partial charge < -0.3 is 10.1 Å². The number of pyridine rings is 1. The molecule has 0 spiro atoms. The fraction of sp³-hybridized carbons (Fsp3) is 0.0435. The minimum absolute atomic E-state index is 0.739. The van der Waals surface area contributed by atoms with Crippen molar-refractivity contribution in [1.82, 2.24) is 15.0 Å². The van der Waals surface area contributed by atoms with Crippen LogP contribution in [0.5, 0.6) is 0 Å². The van der Waals surface area contributed by atoms with Crippen LogP contribution in [0.1, 0.15) is 17.2 Å². The molecule has 0 fully saturated rings. The molecule has 0 saturated heterocycles. The molecule has 1 atom stereocenters. The number of nitrogens with zero attached hydrogens (tertiary/aromatic N) is 2. The maximum atomic E-state index is 11.2. The predicted molar refractivity (Wildman–Crippen MR) is 113 cm³/mol. The number of nitrogens with one attached hydrogen (secondary N) is 1. The second-order valence-corrected chi connectivity index (χ2v) is 7.63. The van der Waals surface area contributed by atoms with E-state index >= 15 is 0 Å². The van der Waals surface area contributed by atoms with E-state index in [0.717, 1.165) is 43.0 Å². The first-order valence-corrected chi connectivity index (χ1v) is 9.82. The van der Waals surface area contributed by atoms with E-state index in [1.165, 1.54) is 0 Å². The molecule has 0 radical (unpaired) electrons. The lowest BCUT2D eigenvalue weighted by molar-refractivity contribution is 0.221. The number of aromatic nitrogens is 3. The summed E-state index contributed by atoms with van der Waals surface area (Å²) in [7, 11) is 0. The zero-order valence-electron chi connectivity index (χ0n) is 14.9. The molecule has 0 aliphatic heterocycles. The highest BCUT2D eigenvalue weighted by atomic mass is 32.1. The van der Waals surface area contributed by atoms with Crippen LogP contribution in [0.15, 0.2) is 85.5 Å². The van der Waals surface area contributed by atoms with Gasteiger partial charge in [0, 0.05) is 35.2 Å². The van der Waals surface area contributed by atoms with Crippen LogP contribution >= 0.6 is 11.3 Å². The first-order chi connectivity index (χ1) is 13.8. The van der Waals surface area contributed by atoms with Crippen LogP contribution in [0.2, 0.25) is 0 Å². The molecule has 5 heteroatoms. The average Bonchev–Trinajstić information content (AvgIpc) is 3.43. The third-order valence-electron chi connectivity index (χ3n) is 4.82. The van der Waals surface area contributed by atoms with Crippen molar-refractivity contribution in [2.75, 3.05) is 0 Å². The van der Waals surface area contributed by atoms with E-state index in [-0.39, 0.29) is 0 Å². The average molecular weight is 383 g/mol. The Kier molecular flexibility index (Phi) is 4.24. The van der Waals surface area contributed by atoms with Crippen molar-refractivity contribution >= 4 is 22.1 Å². The quantitative estimate of drug-likeness (QED) is 0.435. The van der Waals surface area contributed by atoms with Crippen LogP contribution in [0.25, 0.3) is 31.9 Å². The van der Waals surface area contributed by atoms with E-state index in [2.05, 4.69) is 45.3 Å². The van der Waals surface area contributed by atoms with Crippen LogP contribution < -0.4 is 0 Å². The fourth-order valence-corrected chi connectivity index (χ4v) is 4.56. The number of aliphatic hydroxyl groups excluding tert-OH is 1. The smallest absolute Gasteiger partial charge is 0.147 e. The van der Waals surface area contributed by atoms with Crippen molar-refractivity contribution in [3.63, 3.8) is 0 Å². The number of aliphatic hydroxyl groups is 1. The van der Waals surface area contributed by atoms with Crippen LogP contribution in [-0.4, -0.2) is 20.1 Å². The van der Waals surface area contributed by atoms with Crippen LogP contribution in [0.4, 0.5) is 0 Å². The lowest BCUT2D eigenvalue weighted by Crippen LogP contribution is -2.00. The normalized spacial score (nSPS) is 12.3. The number of hydrogen-bond acceptors (Lipinski definition) is 4. The first-order valence-electron chi connectivity index (χ1n) is 9.00. The molecule has 0 saturated carbocycles. The molecular formula is C23H17N3OS. The van der Waals surface area contributed by atoms with Crippen LogP contribution in [0.3, 0.4) is 0 Å². The van der Waals surface area contributed by atoms with Crippen molar-refractivity contribution < 1.29 is 5.11 Å². The molecule has 5 rings (SSSR count). The van der Waals surface area contributed by atoms with E-state index in [4.69, 9.17) is 0 Å². The summed E-state index contributed by atoms with van der Waals surface area (Å²) in [6.07, 6.45) is 6.35. The maximum absolute atomic E-state index is 11.2. The third-order valence-corrected chi connectivity index (χ3v) is 6.03. The standard InChI is InChI=1S/C23H17N3OS/c27-21(18-6-5-15-3-1-2-4-17(15)13-18)19-14-20(16-7-9-24-10-8-16)28-22(19)23-25-11-12-26-23/h1-14,21,27H,(H,25,26). The van der Waals surface area contributed by atoms with Gasteiger partial charge in [-0.1, -0.05) is 36.4 Å². The van der Waals surface area contributed by atoms with Gasteiger partial charge in [-0.05, 0) is 46.2 Å². The van der Waals surface area contributed by atoms with Gasteiger partial charge >= 0.3 is 0 Å². The predicted octanol–water partition coefficient (Wildman–Crippen LogP) is 5.44. The van der Waals surface area contributed by atoms with Gasteiger partial charge in [0.05, 0.1) is 4.88 Å². The Morgan fingerprint density at radius 3 is 2.50 bits per heavy atom. The molecule has 5 aromatic rings.